The Balaban J connectivity index is 4.48. The molecule has 0 saturated carbocycles. The Bertz CT molecular complexity index is 189. The lowest BCUT2D eigenvalue weighted by atomic mass is 10.3. The Kier molecular flexibility index (Phi) is 4.95. The van der Waals surface area contributed by atoms with Crippen LogP contribution in [0.2, 0.25) is 0 Å². The van der Waals surface area contributed by atoms with E-state index < -0.39 is 19.7 Å². The predicted molar refractivity (Wildman–Crippen MR) is 39.2 cm³/mol. The summed E-state index contributed by atoms with van der Waals surface area (Å²) in [5.41, 5.74) is -3.92. The molecule has 8 heteroatoms. The van der Waals surface area contributed by atoms with Crippen LogP contribution in [0.15, 0.2) is 0 Å². The molecule has 0 bridgehead atoms. The third-order valence-electron chi connectivity index (χ3n) is 1.34. The van der Waals surface area contributed by atoms with Gasteiger partial charge in [-0.05, 0) is 6.42 Å². The lowest BCUT2D eigenvalue weighted by Gasteiger charge is -2.20. The van der Waals surface area contributed by atoms with Crippen molar-refractivity contribution in [3.63, 3.8) is 0 Å². The Morgan fingerprint density at radius 1 is 1.38 bits per heavy atom. The predicted octanol–water partition coefficient (Wildman–Crippen LogP) is 2.76. The van der Waals surface area contributed by atoms with Gasteiger partial charge in [0.25, 0.3) is 0 Å². The van der Waals surface area contributed by atoms with Gasteiger partial charge in [-0.3, -0.25) is 0 Å². The largest absolute Gasteiger partial charge is 0.452 e. The van der Waals surface area contributed by atoms with E-state index in [2.05, 4.69) is 16.3 Å². The average Bonchev–Trinajstić information content (AvgIpc) is 2.13. The monoisotopic (exact) mass is 219 g/mol. The number of halogens is 2. The number of hydrogen-bond acceptors (Lipinski definition) is 5. The van der Waals surface area contributed by atoms with Crippen molar-refractivity contribution in [2.75, 3.05) is 0 Å². The van der Waals surface area contributed by atoms with Gasteiger partial charge in [-0.2, -0.15) is 8.78 Å². The van der Waals surface area contributed by atoms with Gasteiger partial charge in [-0.1, -0.05) is 13.3 Å². The highest BCUT2D eigenvalue weighted by molar-refractivity contribution is 7.54. The summed E-state index contributed by atoms with van der Waals surface area (Å²) in [6, 6.07) is 0. The summed E-state index contributed by atoms with van der Waals surface area (Å²) in [7, 11) is -5.16. The Hall–Kier alpha value is -0.0700. The Morgan fingerprint density at radius 2 is 1.85 bits per heavy atom. The second kappa shape index (κ2) is 4.97. The maximum atomic E-state index is 12.8. The van der Waals surface area contributed by atoms with Crippen molar-refractivity contribution in [2.24, 2.45) is 0 Å². The number of alkyl halides is 2. The molecule has 0 atom stereocenters. The summed E-state index contributed by atoms with van der Waals surface area (Å²) in [5, 5.41) is 15.8. The second-order valence-electron chi connectivity index (χ2n) is 2.28. The van der Waals surface area contributed by atoms with Crippen molar-refractivity contribution in [3.8, 4) is 0 Å². The first-order valence-corrected chi connectivity index (χ1v) is 4.91. The topological polar surface area (TPSA) is 76.0 Å². The molecule has 0 spiro atoms. The minimum Gasteiger partial charge on any atom is -0.248 e. The molecule has 0 aliphatic rings. The molecular weight excluding hydrogens is 209 g/mol. The summed E-state index contributed by atoms with van der Waals surface area (Å²) >= 11 is 0. The lowest BCUT2D eigenvalue weighted by molar-refractivity contribution is -0.224. The molecule has 0 aromatic rings. The third-order valence-corrected chi connectivity index (χ3v) is 2.80. The van der Waals surface area contributed by atoms with Gasteiger partial charge >= 0.3 is 13.3 Å². The molecule has 1 radical (unpaired) electrons. The molecule has 0 unspecified atom stereocenters. The van der Waals surface area contributed by atoms with E-state index in [1.54, 1.807) is 0 Å². The first kappa shape index (κ1) is 12.9. The number of unbranched alkanes of at least 4 members (excludes halogenated alkanes) is 1. The van der Waals surface area contributed by atoms with Gasteiger partial charge in [0.15, 0.2) is 0 Å². The summed E-state index contributed by atoms with van der Waals surface area (Å²) in [6.45, 7) is 3.29. The zero-order chi connectivity index (χ0) is 10.5. The van der Waals surface area contributed by atoms with Crippen LogP contribution in [0.1, 0.15) is 19.3 Å². The highest BCUT2D eigenvalue weighted by Crippen LogP contribution is 2.62. The van der Waals surface area contributed by atoms with E-state index in [9.17, 15) is 13.3 Å². The molecule has 0 aliphatic heterocycles. The van der Waals surface area contributed by atoms with Crippen LogP contribution in [0.3, 0.4) is 0 Å². The summed E-state index contributed by atoms with van der Waals surface area (Å²) in [5.74, 6) is 0. The van der Waals surface area contributed by atoms with Crippen LogP contribution in [-0.4, -0.2) is 16.2 Å². The van der Waals surface area contributed by atoms with Gasteiger partial charge in [0, 0.05) is 6.42 Å². The molecule has 0 fully saturated rings. The normalized spacial score (nSPS) is 13.3. The van der Waals surface area contributed by atoms with Crippen molar-refractivity contribution in [1.29, 1.82) is 0 Å². The molecule has 0 heterocycles. The molecule has 79 valence electrons. The van der Waals surface area contributed by atoms with Crippen LogP contribution in [0, 0.1) is 6.92 Å². The van der Waals surface area contributed by atoms with Crippen LogP contribution in [-0.2, 0) is 13.9 Å². The van der Waals surface area contributed by atoms with Crippen molar-refractivity contribution in [1.82, 2.24) is 0 Å². The van der Waals surface area contributed by atoms with Crippen LogP contribution in [0.5, 0.6) is 0 Å². The van der Waals surface area contributed by atoms with Crippen LogP contribution >= 0.6 is 7.60 Å². The minimum absolute atomic E-state index is 0.0380. The molecule has 0 amide bonds. The van der Waals surface area contributed by atoms with E-state index in [-0.39, 0.29) is 12.8 Å². The molecule has 13 heavy (non-hydrogen) atoms. The van der Waals surface area contributed by atoms with Gasteiger partial charge in [-0.15, -0.1) is 9.35 Å². The zero-order valence-corrected chi connectivity index (χ0v) is 7.55. The first-order valence-electron chi connectivity index (χ1n) is 3.37. The average molecular weight is 219 g/mol. The number of rotatable bonds is 6. The van der Waals surface area contributed by atoms with Crippen LogP contribution in [0.25, 0.3) is 0 Å². The van der Waals surface area contributed by atoms with E-state index in [1.807, 2.05) is 0 Å². The van der Waals surface area contributed by atoms with Crippen LogP contribution < -0.4 is 0 Å². The van der Waals surface area contributed by atoms with E-state index in [4.69, 9.17) is 10.5 Å². The SMILES string of the molecule is [CH2]CCCC(F)(F)P(=O)(OO)OO. The molecular formula is C5H10F2O5P. The van der Waals surface area contributed by atoms with Gasteiger partial charge in [0.05, 0.1) is 0 Å². The van der Waals surface area contributed by atoms with Crippen molar-refractivity contribution < 1.29 is 33.2 Å². The van der Waals surface area contributed by atoms with Gasteiger partial charge in [-0.25, -0.2) is 15.1 Å². The summed E-state index contributed by atoms with van der Waals surface area (Å²) in [4.78, 5) is 0. The quantitative estimate of drug-likeness (QED) is 0.408. The second-order valence-corrected chi connectivity index (χ2v) is 4.26. The van der Waals surface area contributed by atoms with E-state index in [1.165, 1.54) is 0 Å². The standard InChI is InChI=1S/C5H10F2O5P/c1-2-3-4-5(6,7)13(10,11-8)12-9/h8-9H,1-4H2. The van der Waals surface area contributed by atoms with Gasteiger partial charge in [0.2, 0.25) is 0 Å². The summed E-state index contributed by atoms with van der Waals surface area (Å²) < 4.78 is 42.3. The van der Waals surface area contributed by atoms with E-state index in [0.29, 0.717) is 0 Å². The Morgan fingerprint density at radius 3 is 2.15 bits per heavy atom. The van der Waals surface area contributed by atoms with E-state index >= 15 is 0 Å². The molecule has 2 N–H and O–H groups in total. The van der Waals surface area contributed by atoms with Gasteiger partial charge < -0.3 is 0 Å². The van der Waals surface area contributed by atoms with E-state index in [0.717, 1.165) is 0 Å². The lowest BCUT2D eigenvalue weighted by Crippen LogP contribution is -2.18. The number of hydrogen-bond donors (Lipinski definition) is 2. The Labute approximate surface area is 73.7 Å². The zero-order valence-electron chi connectivity index (χ0n) is 6.65. The highest BCUT2D eigenvalue weighted by atomic mass is 31.2. The molecule has 0 rings (SSSR count). The van der Waals surface area contributed by atoms with Crippen molar-refractivity contribution in [2.45, 2.75) is 24.9 Å². The van der Waals surface area contributed by atoms with Crippen molar-refractivity contribution >= 4 is 7.60 Å². The first-order chi connectivity index (χ1) is 5.93. The van der Waals surface area contributed by atoms with Crippen molar-refractivity contribution in [3.05, 3.63) is 6.92 Å². The molecule has 0 aromatic carbocycles. The highest BCUT2D eigenvalue weighted by Gasteiger charge is 2.54. The van der Waals surface area contributed by atoms with Gasteiger partial charge in [0.1, 0.15) is 0 Å². The fourth-order valence-corrected chi connectivity index (χ4v) is 1.31. The summed E-state index contributed by atoms with van der Waals surface area (Å²) in [6.07, 6.45) is -0.689. The maximum absolute atomic E-state index is 12.8. The molecule has 0 aromatic heterocycles. The third kappa shape index (κ3) is 2.96. The fraction of sp³-hybridized carbons (Fsp3) is 0.800. The maximum Gasteiger partial charge on any atom is 0.452 e. The fourth-order valence-electron chi connectivity index (χ4n) is 0.609. The smallest absolute Gasteiger partial charge is 0.248 e. The molecule has 0 saturated heterocycles. The minimum atomic E-state index is -5.16. The molecule has 0 aliphatic carbocycles. The van der Waals surface area contributed by atoms with Crippen LogP contribution in [0.4, 0.5) is 8.78 Å². The molecule has 5 nitrogen and oxygen atoms in total.